The number of fused-ring (bicyclic) bond motifs is 1. The summed E-state index contributed by atoms with van der Waals surface area (Å²) in [5, 5.41) is 5.91. The second-order valence-electron chi connectivity index (χ2n) is 3.74. The Labute approximate surface area is 97.7 Å². The lowest BCUT2D eigenvalue weighted by molar-refractivity contribution is 0.948. The SMILES string of the molecule is Nn1cc2c(Cl)cccc2c1C1=NCCN1. The Morgan fingerprint density at radius 1 is 1.38 bits per heavy atom. The van der Waals surface area contributed by atoms with Gasteiger partial charge in [0.15, 0.2) is 0 Å². The van der Waals surface area contributed by atoms with Crippen molar-refractivity contribution in [2.75, 3.05) is 18.9 Å². The molecule has 3 rings (SSSR count). The number of halogens is 1. The van der Waals surface area contributed by atoms with E-state index in [2.05, 4.69) is 10.3 Å². The Morgan fingerprint density at radius 3 is 3.00 bits per heavy atom. The van der Waals surface area contributed by atoms with Gasteiger partial charge in [-0.1, -0.05) is 23.7 Å². The third-order valence-electron chi connectivity index (χ3n) is 2.73. The number of amidine groups is 1. The quantitative estimate of drug-likeness (QED) is 0.732. The number of benzene rings is 1. The Balaban J connectivity index is 2.31. The zero-order valence-electron chi connectivity index (χ0n) is 8.57. The standard InChI is InChI=1S/C11H11ClN4/c12-9-3-1-2-7-8(9)6-16(13)10(7)11-14-4-5-15-11/h1-3,6H,4-5,13H2,(H,14,15). The van der Waals surface area contributed by atoms with Crippen LogP contribution in [-0.2, 0) is 0 Å². The van der Waals surface area contributed by atoms with Crippen molar-refractivity contribution in [3.05, 3.63) is 35.1 Å². The van der Waals surface area contributed by atoms with Gasteiger partial charge in [0.2, 0.25) is 0 Å². The molecular formula is C11H11ClN4. The molecule has 0 amide bonds. The number of aromatic nitrogens is 1. The normalized spacial score (nSPS) is 15.2. The smallest absolute Gasteiger partial charge is 0.148 e. The zero-order valence-corrected chi connectivity index (χ0v) is 9.33. The van der Waals surface area contributed by atoms with E-state index in [1.807, 2.05) is 24.4 Å². The van der Waals surface area contributed by atoms with E-state index in [1.54, 1.807) is 4.68 Å². The molecule has 1 aromatic heterocycles. The Kier molecular flexibility index (Phi) is 2.04. The second kappa shape index (κ2) is 3.42. The van der Waals surface area contributed by atoms with Gasteiger partial charge in [-0.05, 0) is 6.07 Å². The van der Waals surface area contributed by atoms with Crippen molar-refractivity contribution < 1.29 is 0 Å². The van der Waals surface area contributed by atoms with E-state index in [9.17, 15) is 0 Å². The number of nitrogen functional groups attached to an aromatic ring is 1. The molecule has 0 saturated heterocycles. The summed E-state index contributed by atoms with van der Waals surface area (Å²) in [4.78, 5) is 4.38. The van der Waals surface area contributed by atoms with E-state index in [4.69, 9.17) is 17.4 Å². The predicted molar refractivity (Wildman–Crippen MR) is 66.5 cm³/mol. The third-order valence-corrected chi connectivity index (χ3v) is 3.06. The summed E-state index contributed by atoms with van der Waals surface area (Å²) < 4.78 is 1.58. The van der Waals surface area contributed by atoms with Crippen molar-refractivity contribution in [1.82, 2.24) is 9.99 Å². The molecule has 0 saturated carbocycles. The minimum absolute atomic E-state index is 0.710. The van der Waals surface area contributed by atoms with Crippen LogP contribution in [0.25, 0.3) is 10.8 Å². The van der Waals surface area contributed by atoms with Gasteiger partial charge in [0.25, 0.3) is 0 Å². The Bertz CT molecular complexity index is 585. The highest BCUT2D eigenvalue weighted by Crippen LogP contribution is 2.27. The lowest BCUT2D eigenvalue weighted by Gasteiger charge is -2.04. The van der Waals surface area contributed by atoms with Crippen molar-refractivity contribution in [2.24, 2.45) is 4.99 Å². The van der Waals surface area contributed by atoms with E-state index >= 15 is 0 Å². The molecule has 5 heteroatoms. The van der Waals surface area contributed by atoms with Crippen molar-refractivity contribution in [3.8, 4) is 0 Å². The zero-order chi connectivity index (χ0) is 11.1. The van der Waals surface area contributed by atoms with Gasteiger partial charge in [0.1, 0.15) is 11.5 Å². The molecule has 16 heavy (non-hydrogen) atoms. The summed E-state index contributed by atoms with van der Waals surface area (Å²) in [5.74, 6) is 6.79. The van der Waals surface area contributed by atoms with E-state index in [0.29, 0.717) is 5.02 Å². The molecule has 2 aromatic rings. The van der Waals surface area contributed by atoms with Gasteiger partial charge in [-0.2, -0.15) is 0 Å². The van der Waals surface area contributed by atoms with Gasteiger partial charge >= 0.3 is 0 Å². The number of nitrogens with two attached hydrogens (primary N) is 1. The van der Waals surface area contributed by atoms with Crippen molar-refractivity contribution >= 4 is 28.2 Å². The average Bonchev–Trinajstić information content (AvgIpc) is 2.85. The molecule has 3 N–H and O–H groups in total. The van der Waals surface area contributed by atoms with Crippen molar-refractivity contribution in [3.63, 3.8) is 0 Å². The average molecular weight is 235 g/mol. The Morgan fingerprint density at radius 2 is 2.25 bits per heavy atom. The first-order chi connectivity index (χ1) is 7.77. The molecule has 0 aliphatic carbocycles. The van der Waals surface area contributed by atoms with Crippen LogP contribution in [-0.4, -0.2) is 23.6 Å². The van der Waals surface area contributed by atoms with Crippen LogP contribution in [0.15, 0.2) is 29.4 Å². The summed E-state index contributed by atoms with van der Waals surface area (Å²) in [6, 6.07) is 5.78. The molecule has 0 unspecified atom stereocenters. The second-order valence-corrected chi connectivity index (χ2v) is 4.15. The number of aliphatic imine (C=N–C) groups is 1. The molecule has 1 aliphatic rings. The number of nitrogens with one attached hydrogen (secondary N) is 1. The van der Waals surface area contributed by atoms with Crippen LogP contribution in [0.5, 0.6) is 0 Å². The molecule has 82 valence electrons. The summed E-state index contributed by atoms with van der Waals surface area (Å²) in [7, 11) is 0. The molecule has 0 fully saturated rings. The number of hydrogen-bond acceptors (Lipinski definition) is 3. The minimum Gasteiger partial charge on any atom is -0.367 e. The largest absolute Gasteiger partial charge is 0.367 e. The summed E-state index contributed by atoms with van der Waals surface area (Å²) in [6.45, 7) is 1.66. The first-order valence-electron chi connectivity index (χ1n) is 5.11. The first kappa shape index (κ1) is 9.54. The fourth-order valence-electron chi connectivity index (χ4n) is 2.02. The van der Waals surface area contributed by atoms with Crippen molar-refractivity contribution in [2.45, 2.75) is 0 Å². The molecular weight excluding hydrogens is 224 g/mol. The van der Waals surface area contributed by atoms with Crippen LogP contribution in [0.3, 0.4) is 0 Å². The molecule has 1 aliphatic heterocycles. The molecule has 0 radical (unpaired) electrons. The molecule has 0 atom stereocenters. The third kappa shape index (κ3) is 1.27. The summed E-state index contributed by atoms with van der Waals surface area (Å²) in [5.41, 5.74) is 0.898. The topological polar surface area (TPSA) is 55.3 Å². The lowest BCUT2D eigenvalue weighted by Crippen LogP contribution is -2.25. The highest BCUT2D eigenvalue weighted by Gasteiger charge is 2.17. The monoisotopic (exact) mass is 234 g/mol. The van der Waals surface area contributed by atoms with Gasteiger partial charge in [0.05, 0.1) is 11.6 Å². The number of hydrogen-bond donors (Lipinski definition) is 2. The maximum Gasteiger partial charge on any atom is 0.148 e. The number of rotatable bonds is 1. The Hall–Kier alpha value is -1.68. The van der Waals surface area contributed by atoms with E-state index in [0.717, 1.165) is 35.4 Å². The molecule has 4 nitrogen and oxygen atoms in total. The fourth-order valence-corrected chi connectivity index (χ4v) is 2.25. The first-order valence-corrected chi connectivity index (χ1v) is 5.48. The van der Waals surface area contributed by atoms with Gasteiger partial charge in [-0.15, -0.1) is 0 Å². The van der Waals surface area contributed by atoms with Crippen molar-refractivity contribution in [1.29, 1.82) is 0 Å². The van der Waals surface area contributed by atoms with Gasteiger partial charge < -0.3 is 11.2 Å². The van der Waals surface area contributed by atoms with Gasteiger partial charge in [-0.3, -0.25) is 9.67 Å². The highest BCUT2D eigenvalue weighted by atomic mass is 35.5. The van der Waals surface area contributed by atoms with Gasteiger partial charge in [0, 0.05) is 23.5 Å². The maximum absolute atomic E-state index is 6.12. The van der Waals surface area contributed by atoms with E-state index in [1.165, 1.54) is 0 Å². The van der Waals surface area contributed by atoms with Crippen LogP contribution >= 0.6 is 11.6 Å². The van der Waals surface area contributed by atoms with Crippen LogP contribution in [0, 0.1) is 0 Å². The van der Waals surface area contributed by atoms with Crippen LogP contribution in [0.1, 0.15) is 5.69 Å². The lowest BCUT2D eigenvalue weighted by atomic mass is 10.2. The van der Waals surface area contributed by atoms with E-state index in [-0.39, 0.29) is 0 Å². The number of nitrogens with zero attached hydrogens (tertiary/aromatic N) is 2. The highest BCUT2D eigenvalue weighted by molar-refractivity contribution is 6.36. The minimum atomic E-state index is 0.710. The molecule has 1 aromatic carbocycles. The van der Waals surface area contributed by atoms with Crippen LogP contribution < -0.4 is 11.2 Å². The molecule has 2 heterocycles. The molecule has 0 bridgehead atoms. The van der Waals surface area contributed by atoms with Gasteiger partial charge in [-0.25, -0.2) is 0 Å². The summed E-state index contributed by atoms with van der Waals surface area (Å²) >= 11 is 6.12. The summed E-state index contributed by atoms with van der Waals surface area (Å²) in [6.07, 6.45) is 1.83. The van der Waals surface area contributed by atoms with Crippen LogP contribution in [0.2, 0.25) is 5.02 Å². The van der Waals surface area contributed by atoms with E-state index < -0.39 is 0 Å². The maximum atomic E-state index is 6.12. The van der Waals surface area contributed by atoms with Crippen LogP contribution in [0.4, 0.5) is 0 Å². The fraction of sp³-hybridized carbons (Fsp3) is 0.182. The molecule has 0 spiro atoms. The predicted octanol–water partition coefficient (Wildman–Crippen LogP) is 1.36.